The summed E-state index contributed by atoms with van der Waals surface area (Å²) in [4.78, 5) is 13.9. The van der Waals surface area contributed by atoms with Gasteiger partial charge < -0.3 is 10.0 Å². The summed E-state index contributed by atoms with van der Waals surface area (Å²) in [5, 5.41) is 11.8. The molecule has 0 bridgehead atoms. The maximum absolute atomic E-state index is 13.1. The Kier molecular flexibility index (Phi) is 2.92. The van der Waals surface area contributed by atoms with E-state index in [9.17, 15) is 9.18 Å². The number of azide groups is 1. The van der Waals surface area contributed by atoms with Crippen molar-refractivity contribution >= 4 is 6.09 Å². The molecule has 1 N–H and O–H groups in total. The third-order valence-electron chi connectivity index (χ3n) is 1.98. The smallest absolute Gasteiger partial charge is 0.407 e. The Labute approximate surface area is 73.6 Å². The molecule has 1 heterocycles. The highest BCUT2D eigenvalue weighted by Crippen LogP contribution is 2.17. The topological polar surface area (TPSA) is 89.3 Å². The Bertz CT molecular complexity index is 253. The van der Waals surface area contributed by atoms with Gasteiger partial charge in [0.15, 0.2) is 0 Å². The van der Waals surface area contributed by atoms with Crippen molar-refractivity contribution < 1.29 is 14.3 Å². The summed E-state index contributed by atoms with van der Waals surface area (Å²) in [5.41, 5.74) is 8.07. The molecular formula is C6H9FN4O2. The molecule has 1 saturated heterocycles. The molecule has 0 aromatic heterocycles. The molecule has 72 valence electrons. The predicted molar refractivity (Wildman–Crippen MR) is 42.0 cm³/mol. The summed E-state index contributed by atoms with van der Waals surface area (Å²) in [7, 11) is 0. The summed E-state index contributed by atoms with van der Waals surface area (Å²) in [5.74, 6) is 0. The molecule has 7 heteroatoms. The number of nitrogens with zero attached hydrogens (tertiary/aromatic N) is 4. The maximum Gasteiger partial charge on any atom is 0.407 e. The van der Waals surface area contributed by atoms with E-state index in [1.807, 2.05) is 0 Å². The van der Waals surface area contributed by atoms with E-state index >= 15 is 0 Å². The molecule has 1 aliphatic heterocycles. The Morgan fingerprint density at radius 3 is 2.92 bits per heavy atom. The van der Waals surface area contributed by atoms with Crippen molar-refractivity contribution in [3.63, 3.8) is 0 Å². The highest BCUT2D eigenvalue weighted by atomic mass is 19.1. The second-order valence-corrected chi connectivity index (χ2v) is 2.81. The minimum atomic E-state index is -1.39. The van der Waals surface area contributed by atoms with Crippen molar-refractivity contribution in [2.24, 2.45) is 5.11 Å². The number of piperidine rings is 1. The molecule has 1 rings (SSSR count). The quantitative estimate of drug-likeness (QED) is 0.382. The number of carbonyl (C=O) groups is 1. The van der Waals surface area contributed by atoms with Gasteiger partial charge in [0.1, 0.15) is 6.17 Å². The van der Waals surface area contributed by atoms with Crippen LogP contribution in [0.1, 0.15) is 6.42 Å². The summed E-state index contributed by atoms with van der Waals surface area (Å²) in [6.07, 6.45) is -2.28. The fourth-order valence-corrected chi connectivity index (χ4v) is 1.26. The van der Waals surface area contributed by atoms with Crippen LogP contribution in [0.3, 0.4) is 0 Å². The second-order valence-electron chi connectivity index (χ2n) is 2.81. The number of alkyl halides is 1. The van der Waals surface area contributed by atoms with Crippen molar-refractivity contribution in [1.29, 1.82) is 0 Å². The SMILES string of the molecule is [N-]=[N+]=NC1CCN(C(=O)O)CC1F. The van der Waals surface area contributed by atoms with Gasteiger partial charge >= 0.3 is 6.09 Å². The molecule has 2 unspecified atom stereocenters. The molecule has 0 radical (unpaired) electrons. The molecule has 6 nitrogen and oxygen atoms in total. The number of hydrogen-bond acceptors (Lipinski definition) is 2. The maximum atomic E-state index is 13.1. The van der Waals surface area contributed by atoms with Crippen LogP contribution in [0.2, 0.25) is 0 Å². The number of halogens is 1. The number of likely N-dealkylation sites (tertiary alicyclic amines) is 1. The van der Waals surface area contributed by atoms with E-state index in [4.69, 9.17) is 10.6 Å². The van der Waals surface area contributed by atoms with E-state index in [1.165, 1.54) is 0 Å². The molecule has 0 saturated carbocycles. The summed E-state index contributed by atoms with van der Waals surface area (Å²) >= 11 is 0. The van der Waals surface area contributed by atoms with Gasteiger partial charge in [-0.3, -0.25) is 0 Å². The normalized spacial score (nSPS) is 27.9. The van der Waals surface area contributed by atoms with Gasteiger partial charge in [0.2, 0.25) is 0 Å². The molecule has 1 amide bonds. The van der Waals surface area contributed by atoms with Crippen LogP contribution in [0.5, 0.6) is 0 Å². The zero-order valence-corrected chi connectivity index (χ0v) is 6.80. The van der Waals surface area contributed by atoms with Crippen LogP contribution < -0.4 is 0 Å². The van der Waals surface area contributed by atoms with Crippen LogP contribution in [-0.2, 0) is 0 Å². The van der Waals surface area contributed by atoms with Gasteiger partial charge in [-0.15, -0.1) is 0 Å². The fourth-order valence-electron chi connectivity index (χ4n) is 1.26. The van der Waals surface area contributed by atoms with Gasteiger partial charge in [-0.1, -0.05) is 5.11 Å². The third kappa shape index (κ3) is 2.22. The monoisotopic (exact) mass is 188 g/mol. The average Bonchev–Trinajstić information content (AvgIpc) is 2.08. The van der Waals surface area contributed by atoms with Crippen LogP contribution in [0.25, 0.3) is 10.4 Å². The number of amides is 1. The van der Waals surface area contributed by atoms with E-state index in [2.05, 4.69) is 10.0 Å². The Hall–Kier alpha value is -1.49. The zero-order valence-electron chi connectivity index (χ0n) is 6.80. The van der Waals surface area contributed by atoms with Gasteiger partial charge in [-0.25, -0.2) is 9.18 Å². The first-order valence-electron chi connectivity index (χ1n) is 3.81. The van der Waals surface area contributed by atoms with Gasteiger partial charge in [-0.2, -0.15) is 0 Å². The van der Waals surface area contributed by atoms with E-state index in [1.54, 1.807) is 0 Å². The number of carboxylic acid groups (broad SMARTS) is 1. The van der Waals surface area contributed by atoms with Crippen molar-refractivity contribution in [2.75, 3.05) is 13.1 Å². The first-order valence-corrected chi connectivity index (χ1v) is 3.81. The molecule has 0 aromatic carbocycles. The lowest BCUT2D eigenvalue weighted by Gasteiger charge is -2.30. The van der Waals surface area contributed by atoms with Crippen LogP contribution in [-0.4, -0.2) is 41.4 Å². The van der Waals surface area contributed by atoms with Crippen molar-refractivity contribution in [3.05, 3.63) is 10.4 Å². The molecule has 0 aliphatic carbocycles. The van der Waals surface area contributed by atoms with Gasteiger partial charge in [0.05, 0.1) is 12.6 Å². The van der Waals surface area contributed by atoms with Crippen LogP contribution in [0, 0.1) is 0 Å². The van der Waals surface area contributed by atoms with Gasteiger partial charge in [0.25, 0.3) is 0 Å². The molecule has 0 spiro atoms. The number of hydrogen-bond donors (Lipinski definition) is 1. The number of rotatable bonds is 1. The first-order chi connectivity index (χ1) is 6.15. The molecule has 2 atom stereocenters. The molecule has 1 fully saturated rings. The van der Waals surface area contributed by atoms with Crippen molar-refractivity contribution in [1.82, 2.24) is 4.90 Å². The lowest BCUT2D eigenvalue weighted by Crippen LogP contribution is -2.45. The minimum absolute atomic E-state index is 0.209. The van der Waals surface area contributed by atoms with E-state index in [-0.39, 0.29) is 19.5 Å². The molecule has 13 heavy (non-hydrogen) atoms. The van der Waals surface area contributed by atoms with Gasteiger partial charge in [-0.05, 0) is 12.0 Å². The Balaban J connectivity index is 2.56. The van der Waals surface area contributed by atoms with Gasteiger partial charge in [0, 0.05) is 11.5 Å². The average molecular weight is 188 g/mol. The van der Waals surface area contributed by atoms with E-state index in [0.717, 1.165) is 4.90 Å². The largest absolute Gasteiger partial charge is 0.465 e. The molecular weight excluding hydrogens is 179 g/mol. The van der Waals surface area contributed by atoms with Crippen LogP contribution in [0.15, 0.2) is 5.11 Å². The first kappa shape index (κ1) is 9.60. The van der Waals surface area contributed by atoms with Crippen molar-refractivity contribution in [2.45, 2.75) is 18.6 Å². The lowest BCUT2D eigenvalue weighted by molar-refractivity contribution is 0.0976. The predicted octanol–water partition coefficient (Wildman–Crippen LogP) is 1.39. The third-order valence-corrected chi connectivity index (χ3v) is 1.98. The lowest BCUT2D eigenvalue weighted by atomic mass is 10.0. The minimum Gasteiger partial charge on any atom is -0.465 e. The van der Waals surface area contributed by atoms with Crippen LogP contribution >= 0.6 is 0 Å². The fraction of sp³-hybridized carbons (Fsp3) is 0.833. The summed E-state index contributed by atoms with van der Waals surface area (Å²) in [6, 6.07) is -0.722. The Morgan fingerprint density at radius 2 is 2.46 bits per heavy atom. The molecule has 1 aliphatic rings. The van der Waals surface area contributed by atoms with E-state index in [0.29, 0.717) is 0 Å². The van der Waals surface area contributed by atoms with Crippen molar-refractivity contribution in [3.8, 4) is 0 Å². The Morgan fingerprint density at radius 1 is 1.77 bits per heavy atom. The highest BCUT2D eigenvalue weighted by Gasteiger charge is 2.30. The van der Waals surface area contributed by atoms with E-state index < -0.39 is 18.3 Å². The van der Waals surface area contributed by atoms with Crippen LogP contribution in [0.4, 0.5) is 9.18 Å². The summed E-state index contributed by atoms with van der Waals surface area (Å²) < 4.78 is 13.1. The summed E-state index contributed by atoms with van der Waals surface area (Å²) in [6.45, 7) is 0.0124. The molecule has 0 aromatic rings. The standard InChI is InChI=1S/C6H9FN4O2/c7-4-3-11(6(12)13)2-1-5(4)9-10-8/h4-5H,1-3H2,(H,12,13). The highest BCUT2D eigenvalue weighted by molar-refractivity contribution is 5.65. The zero-order chi connectivity index (χ0) is 9.84. The second kappa shape index (κ2) is 3.95.